The lowest BCUT2D eigenvalue weighted by Gasteiger charge is -2.13. The summed E-state index contributed by atoms with van der Waals surface area (Å²) in [7, 11) is 1.63. The van der Waals surface area contributed by atoms with Crippen LogP contribution in [-0.4, -0.2) is 34.0 Å². The Morgan fingerprint density at radius 2 is 2.16 bits per heavy atom. The maximum Gasteiger partial charge on any atom is 0.273 e. The second-order valence-electron chi connectivity index (χ2n) is 6.14. The van der Waals surface area contributed by atoms with E-state index in [2.05, 4.69) is 26.3 Å². The molecule has 0 atom stereocenters. The van der Waals surface area contributed by atoms with Gasteiger partial charge in [-0.1, -0.05) is 0 Å². The van der Waals surface area contributed by atoms with E-state index in [0.717, 1.165) is 11.2 Å². The number of rotatable bonds is 6. The number of anilines is 1. The number of ether oxygens (including phenoxy) is 1. The fraction of sp³-hybridized carbons (Fsp3) is 0.412. The van der Waals surface area contributed by atoms with Crippen LogP contribution in [0.5, 0.6) is 0 Å². The molecule has 7 nitrogen and oxygen atoms in total. The highest BCUT2D eigenvalue weighted by molar-refractivity contribution is 9.10. The topological polar surface area (TPSA) is 74.2 Å². The van der Waals surface area contributed by atoms with E-state index in [4.69, 9.17) is 9.15 Å². The molecular formula is C17H21BrN4O3. The molecule has 0 saturated heterocycles. The number of nitrogens with zero attached hydrogens (tertiary/aromatic N) is 3. The molecule has 8 heteroatoms. The monoisotopic (exact) mass is 408 g/mol. The number of aryl methyl sites for hydroxylation is 1. The molecule has 0 aromatic carbocycles. The van der Waals surface area contributed by atoms with Gasteiger partial charge in [-0.15, -0.1) is 0 Å². The molecule has 1 amide bonds. The number of carbonyl (C=O) groups excluding carboxylic acids is 1. The molecule has 0 saturated carbocycles. The number of carbonyl (C=O) groups is 1. The average molecular weight is 409 g/mol. The molecule has 3 heterocycles. The SMILES string of the molecule is COCCn1c(C(=O)Nc2cc(C)nn2C(C)C)cc2oc(Br)cc21. The summed E-state index contributed by atoms with van der Waals surface area (Å²) in [4.78, 5) is 12.9. The number of fused-ring (bicyclic) bond motifs is 1. The molecule has 0 radical (unpaired) electrons. The molecule has 0 aliphatic carbocycles. The van der Waals surface area contributed by atoms with Crippen molar-refractivity contribution in [1.82, 2.24) is 14.3 Å². The third-order valence-electron chi connectivity index (χ3n) is 3.90. The molecule has 3 rings (SSSR count). The number of hydrogen-bond donors (Lipinski definition) is 1. The van der Waals surface area contributed by atoms with Gasteiger partial charge >= 0.3 is 0 Å². The summed E-state index contributed by atoms with van der Waals surface area (Å²) < 4.78 is 15.1. The van der Waals surface area contributed by atoms with E-state index < -0.39 is 0 Å². The van der Waals surface area contributed by atoms with E-state index in [1.54, 1.807) is 17.9 Å². The number of furan rings is 1. The summed E-state index contributed by atoms with van der Waals surface area (Å²) in [5, 5.41) is 7.38. The van der Waals surface area contributed by atoms with Crippen LogP contribution in [0.25, 0.3) is 11.1 Å². The van der Waals surface area contributed by atoms with Gasteiger partial charge in [0.1, 0.15) is 11.5 Å². The lowest BCUT2D eigenvalue weighted by molar-refractivity contribution is 0.101. The van der Waals surface area contributed by atoms with Crippen LogP contribution in [0.15, 0.2) is 27.3 Å². The second-order valence-corrected chi connectivity index (χ2v) is 6.92. The van der Waals surface area contributed by atoms with E-state index in [1.807, 2.05) is 37.5 Å². The van der Waals surface area contributed by atoms with Crippen molar-refractivity contribution >= 4 is 38.8 Å². The van der Waals surface area contributed by atoms with Gasteiger partial charge in [-0.25, -0.2) is 4.68 Å². The maximum atomic E-state index is 12.9. The Morgan fingerprint density at radius 3 is 2.84 bits per heavy atom. The minimum Gasteiger partial charge on any atom is -0.448 e. The summed E-state index contributed by atoms with van der Waals surface area (Å²) in [6.07, 6.45) is 0. The fourth-order valence-corrected chi connectivity index (χ4v) is 3.20. The molecule has 0 unspecified atom stereocenters. The Labute approximate surface area is 154 Å². The predicted molar refractivity (Wildman–Crippen MR) is 99.1 cm³/mol. The standard InChI is InChI=1S/C17H21BrN4O3/c1-10(2)22-16(7-11(3)20-22)19-17(23)13-8-14-12(9-15(18)25-14)21(13)5-6-24-4/h7-10H,5-6H2,1-4H3,(H,19,23). The Morgan fingerprint density at radius 1 is 1.40 bits per heavy atom. The Hall–Kier alpha value is -2.06. The quantitative estimate of drug-likeness (QED) is 0.669. The first-order valence-electron chi connectivity index (χ1n) is 8.05. The number of aromatic nitrogens is 3. The van der Waals surface area contributed by atoms with Crippen molar-refractivity contribution in [2.24, 2.45) is 0 Å². The smallest absolute Gasteiger partial charge is 0.273 e. The first-order chi connectivity index (χ1) is 11.9. The van der Waals surface area contributed by atoms with Gasteiger partial charge in [0.05, 0.1) is 17.8 Å². The predicted octanol–water partition coefficient (Wildman–Crippen LogP) is 3.98. The highest BCUT2D eigenvalue weighted by Crippen LogP contribution is 2.28. The van der Waals surface area contributed by atoms with Gasteiger partial charge in [0, 0.05) is 37.9 Å². The number of methoxy groups -OCH3 is 1. The molecule has 134 valence electrons. The highest BCUT2D eigenvalue weighted by Gasteiger charge is 2.20. The zero-order valence-electron chi connectivity index (χ0n) is 14.7. The van der Waals surface area contributed by atoms with Crippen molar-refractivity contribution in [1.29, 1.82) is 0 Å². The van der Waals surface area contributed by atoms with Crippen LogP contribution in [0.1, 0.15) is 36.1 Å². The number of hydrogen-bond acceptors (Lipinski definition) is 4. The van der Waals surface area contributed by atoms with Crippen LogP contribution < -0.4 is 5.32 Å². The van der Waals surface area contributed by atoms with Crippen molar-refractivity contribution in [3.8, 4) is 0 Å². The molecule has 3 aromatic rings. The van der Waals surface area contributed by atoms with Crippen LogP contribution in [0.3, 0.4) is 0 Å². The van der Waals surface area contributed by atoms with E-state index in [-0.39, 0.29) is 11.9 Å². The summed E-state index contributed by atoms with van der Waals surface area (Å²) >= 11 is 3.33. The molecule has 25 heavy (non-hydrogen) atoms. The minimum absolute atomic E-state index is 0.150. The van der Waals surface area contributed by atoms with E-state index in [1.165, 1.54) is 0 Å². The summed E-state index contributed by atoms with van der Waals surface area (Å²) in [5.41, 5.74) is 2.88. The van der Waals surface area contributed by atoms with Crippen LogP contribution in [0.2, 0.25) is 0 Å². The van der Waals surface area contributed by atoms with Crippen LogP contribution in [0.4, 0.5) is 5.82 Å². The van der Waals surface area contributed by atoms with Crippen molar-refractivity contribution < 1.29 is 13.9 Å². The van der Waals surface area contributed by atoms with Crippen LogP contribution >= 0.6 is 15.9 Å². The Balaban J connectivity index is 1.95. The van der Waals surface area contributed by atoms with Crippen molar-refractivity contribution in [2.75, 3.05) is 19.0 Å². The first kappa shape index (κ1) is 17.8. The van der Waals surface area contributed by atoms with Gasteiger partial charge in [-0.2, -0.15) is 5.10 Å². The van der Waals surface area contributed by atoms with Gasteiger partial charge in [-0.3, -0.25) is 4.79 Å². The molecule has 3 aromatic heterocycles. The van der Waals surface area contributed by atoms with Gasteiger partial charge in [0.15, 0.2) is 10.3 Å². The molecular weight excluding hydrogens is 388 g/mol. The van der Waals surface area contributed by atoms with E-state index >= 15 is 0 Å². The van der Waals surface area contributed by atoms with Crippen LogP contribution in [-0.2, 0) is 11.3 Å². The van der Waals surface area contributed by atoms with E-state index in [9.17, 15) is 4.79 Å². The average Bonchev–Trinajstić information content (AvgIpc) is 3.17. The number of nitrogens with one attached hydrogen (secondary N) is 1. The number of halogens is 1. The molecule has 0 aliphatic rings. The Bertz CT molecular complexity index is 907. The minimum atomic E-state index is -0.208. The Kier molecular flexibility index (Phi) is 5.01. The highest BCUT2D eigenvalue weighted by atomic mass is 79.9. The zero-order valence-corrected chi connectivity index (χ0v) is 16.3. The largest absolute Gasteiger partial charge is 0.448 e. The van der Waals surface area contributed by atoms with Crippen molar-refractivity contribution in [3.05, 3.63) is 34.3 Å². The van der Waals surface area contributed by atoms with E-state index in [0.29, 0.717) is 34.9 Å². The third-order valence-corrected chi connectivity index (χ3v) is 4.29. The van der Waals surface area contributed by atoms with Crippen molar-refractivity contribution in [3.63, 3.8) is 0 Å². The van der Waals surface area contributed by atoms with Gasteiger partial charge in [-0.05, 0) is 36.7 Å². The summed E-state index contributed by atoms with van der Waals surface area (Å²) in [5.74, 6) is 0.468. The zero-order chi connectivity index (χ0) is 18.1. The summed E-state index contributed by atoms with van der Waals surface area (Å²) in [6.45, 7) is 7.00. The lowest BCUT2D eigenvalue weighted by Crippen LogP contribution is -2.20. The molecule has 0 bridgehead atoms. The molecule has 0 spiro atoms. The van der Waals surface area contributed by atoms with Gasteiger partial charge in [0.25, 0.3) is 5.91 Å². The van der Waals surface area contributed by atoms with Gasteiger partial charge in [0.2, 0.25) is 0 Å². The summed E-state index contributed by atoms with van der Waals surface area (Å²) in [6, 6.07) is 5.61. The van der Waals surface area contributed by atoms with Crippen molar-refractivity contribution in [2.45, 2.75) is 33.4 Å². The molecule has 0 fully saturated rings. The van der Waals surface area contributed by atoms with Crippen LogP contribution in [0, 0.1) is 6.92 Å². The lowest BCUT2D eigenvalue weighted by atomic mass is 10.3. The molecule has 1 N–H and O–H groups in total. The maximum absolute atomic E-state index is 12.9. The second kappa shape index (κ2) is 7.05. The number of amides is 1. The normalized spacial score (nSPS) is 11.6. The first-order valence-corrected chi connectivity index (χ1v) is 8.85. The molecule has 0 aliphatic heterocycles. The fourth-order valence-electron chi connectivity index (χ4n) is 2.81. The van der Waals surface area contributed by atoms with Gasteiger partial charge < -0.3 is 19.0 Å². The third kappa shape index (κ3) is 3.50.